The average Bonchev–Trinajstić information content (AvgIpc) is 2.43. The molecule has 2 aromatic carbocycles. The molecule has 1 unspecified atom stereocenters. The van der Waals surface area contributed by atoms with Crippen LogP contribution in [0.3, 0.4) is 0 Å². The Kier molecular flexibility index (Phi) is 4.60. The fourth-order valence-corrected chi connectivity index (χ4v) is 2.28. The molecule has 5 heteroatoms. The number of benzene rings is 2. The lowest BCUT2D eigenvalue weighted by Gasteiger charge is -2.17. The number of halogens is 3. The van der Waals surface area contributed by atoms with E-state index >= 15 is 0 Å². The maximum Gasteiger partial charge on any atom is 0.146 e. The number of hydrogen-bond acceptors (Lipinski definition) is 2. The molecule has 2 nitrogen and oxygen atoms in total. The quantitative estimate of drug-likeness (QED) is 0.853. The van der Waals surface area contributed by atoms with Crippen LogP contribution in [0.15, 0.2) is 40.9 Å². The molecule has 2 rings (SSSR count). The molecule has 1 atom stereocenters. The largest absolute Gasteiger partial charge is 0.497 e. The summed E-state index contributed by atoms with van der Waals surface area (Å²) in [6.07, 6.45) is 0. The molecular weight excluding hydrogens is 328 g/mol. The molecule has 0 aliphatic heterocycles. The summed E-state index contributed by atoms with van der Waals surface area (Å²) in [5, 5.41) is 2.95. The minimum absolute atomic E-state index is 0.274. The lowest BCUT2D eigenvalue weighted by Crippen LogP contribution is -2.10. The van der Waals surface area contributed by atoms with Crippen molar-refractivity contribution in [2.75, 3.05) is 12.4 Å². The molecule has 0 amide bonds. The minimum atomic E-state index is -0.409. The van der Waals surface area contributed by atoms with E-state index in [0.717, 1.165) is 4.47 Å². The van der Waals surface area contributed by atoms with Crippen LogP contribution in [-0.4, -0.2) is 7.11 Å². The summed E-state index contributed by atoms with van der Waals surface area (Å²) < 4.78 is 33.4. The van der Waals surface area contributed by atoms with Gasteiger partial charge in [0.1, 0.15) is 17.4 Å². The highest BCUT2D eigenvalue weighted by Crippen LogP contribution is 2.28. The van der Waals surface area contributed by atoms with Crippen LogP contribution in [0.5, 0.6) is 5.75 Å². The Balaban J connectivity index is 2.27. The van der Waals surface area contributed by atoms with E-state index in [-0.39, 0.29) is 17.5 Å². The Morgan fingerprint density at radius 3 is 2.50 bits per heavy atom. The van der Waals surface area contributed by atoms with Crippen LogP contribution in [0.25, 0.3) is 0 Å². The van der Waals surface area contributed by atoms with Crippen LogP contribution in [0.1, 0.15) is 18.5 Å². The zero-order valence-corrected chi connectivity index (χ0v) is 12.7. The molecule has 0 radical (unpaired) electrons. The van der Waals surface area contributed by atoms with Crippen molar-refractivity contribution >= 4 is 21.6 Å². The molecule has 0 fully saturated rings. The first-order valence-corrected chi connectivity index (χ1v) is 6.85. The van der Waals surface area contributed by atoms with Crippen molar-refractivity contribution in [2.24, 2.45) is 0 Å². The highest BCUT2D eigenvalue weighted by atomic mass is 79.9. The molecule has 0 aromatic heterocycles. The van der Waals surface area contributed by atoms with Crippen molar-refractivity contribution in [3.63, 3.8) is 0 Å². The maximum absolute atomic E-state index is 13.8. The Labute approximate surface area is 124 Å². The molecule has 0 heterocycles. The lowest BCUT2D eigenvalue weighted by atomic mass is 10.1. The van der Waals surface area contributed by atoms with Gasteiger partial charge in [-0.05, 0) is 37.3 Å². The molecule has 1 N–H and O–H groups in total. The van der Waals surface area contributed by atoms with Gasteiger partial charge in [-0.15, -0.1) is 0 Å². The Morgan fingerprint density at radius 2 is 1.80 bits per heavy atom. The van der Waals surface area contributed by atoms with Gasteiger partial charge in [-0.3, -0.25) is 0 Å². The summed E-state index contributed by atoms with van der Waals surface area (Å²) in [7, 11) is 1.51. The van der Waals surface area contributed by atoms with Crippen molar-refractivity contribution in [3.8, 4) is 5.75 Å². The molecular formula is C15H14BrF2NO. The van der Waals surface area contributed by atoms with E-state index in [1.807, 2.05) is 0 Å². The average molecular weight is 342 g/mol. The molecule has 0 spiro atoms. The highest BCUT2D eigenvalue weighted by Gasteiger charge is 2.13. The Hall–Kier alpha value is -1.62. The molecule has 20 heavy (non-hydrogen) atoms. The zero-order valence-electron chi connectivity index (χ0n) is 11.1. The predicted octanol–water partition coefficient (Wildman–Crippen LogP) is 4.91. The first-order chi connectivity index (χ1) is 9.51. The van der Waals surface area contributed by atoms with Crippen molar-refractivity contribution in [3.05, 3.63) is 58.1 Å². The number of ether oxygens (including phenoxy) is 1. The van der Waals surface area contributed by atoms with Gasteiger partial charge in [0.15, 0.2) is 0 Å². The SMILES string of the molecule is COc1ccc(F)c(NC(C)c2cc(Br)ccc2F)c1. The Morgan fingerprint density at radius 1 is 1.10 bits per heavy atom. The number of anilines is 1. The van der Waals surface area contributed by atoms with Crippen LogP contribution in [0.2, 0.25) is 0 Å². The van der Waals surface area contributed by atoms with Crippen molar-refractivity contribution in [1.82, 2.24) is 0 Å². The molecule has 0 aliphatic rings. The van der Waals surface area contributed by atoms with Gasteiger partial charge in [0.05, 0.1) is 18.8 Å². The number of rotatable bonds is 4. The third-order valence-corrected chi connectivity index (χ3v) is 3.46. The Bertz CT molecular complexity index is 619. The van der Waals surface area contributed by atoms with E-state index in [4.69, 9.17) is 4.74 Å². The number of hydrogen-bond donors (Lipinski definition) is 1. The van der Waals surface area contributed by atoms with E-state index in [1.54, 1.807) is 25.1 Å². The highest BCUT2D eigenvalue weighted by molar-refractivity contribution is 9.10. The van der Waals surface area contributed by atoms with Crippen molar-refractivity contribution in [2.45, 2.75) is 13.0 Å². The van der Waals surface area contributed by atoms with Gasteiger partial charge in [0, 0.05) is 16.1 Å². The fraction of sp³-hybridized carbons (Fsp3) is 0.200. The summed E-state index contributed by atoms with van der Waals surface area (Å²) in [4.78, 5) is 0. The van der Waals surface area contributed by atoms with E-state index in [2.05, 4.69) is 21.2 Å². The fourth-order valence-electron chi connectivity index (χ4n) is 1.90. The van der Waals surface area contributed by atoms with E-state index in [9.17, 15) is 8.78 Å². The number of nitrogens with one attached hydrogen (secondary N) is 1. The lowest BCUT2D eigenvalue weighted by molar-refractivity contribution is 0.414. The molecule has 2 aromatic rings. The van der Waals surface area contributed by atoms with Crippen LogP contribution >= 0.6 is 15.9 Å². The summed E-state index contributed by atoms with van der Waals surface area (Å²) in [5.74, 6) is -0.208. The smallest absolute Gasteiger partial charge is 0.146 e. The minimum Gasteiger partial charge on any atom is -0.497 e. The maximum atomic E-state index is 13.8. The third kappa shape index (κ3) is 3.28. The van der Waals surface area contributed by atoms with Crippen LogP contribution < -0.4 is 10.1 Å². The second-order valence-electron chi connectivity index (χ2n) is 4.38. The van der Waals surface area contributed by atoms with Gasteiger partial charge in [-0.25, -0.2) is 8.78 Å². The monoisotopic (exact) mass is 341 g/mol. The molecule has 0 saturated carbocycles. The molecule has 0 aliphatic carbocycles. The van der Waals surface area contributed by atoms with E-state index < -0.39 is 5.82 Å². The normalized spacial score (nSPS) is 12.1. The van der Waals surface area contributed by atoms with Crippen LogP contribution in [0, 0.1) is 11.6 Å². The topological polar surface area (TPSA) is 21.3 Å². The van der Waals surface area contributed by atoms with Gasteiger partial charge in [0.25, 0.3) is 0 Å². The first-order valence-electron chi connectivity index (χ1n) is 6.06. The van der Waals surface area contributed by atoms with Gasteiger partial charge >= 0.3 is 0 Å². The number of methoxy groups -OCH3 is 1. The molecule has 0 bridgehead atoms. The third-order valence-electron chi connectivity index (χ3n) is 2.97. The summed E-state index contributed by atoms with van der Waals surface area (Å²) in [6.45, 7) is 1.77. The van der Waals surface area contributed by atoms with Gasteiger partial charge in [0.2, 0.25) is 0 Å². The van der Waals surface area contributed by atoms with Crippen molar-refractivity contribution in [1.29, 1.82) is 0 Å². The second-order valence-corrected chi connectivity index (χ2v) is 5.29. The van der Waals surface area contributed by atoms with Crippen LogP contribution in [0.4, 0.5) is 14.5 Å². The van der Waals surface area contributed by atoms with Crippen LogP contribution in [-0.2, 0) is 0 Å². The van der Waals surface area contributed by atoms with Crippen molar-refractivity contribution < 1.29 is 13.5 Å². The van der Waals surface area contributed by atoms with Gasteiger partial charge in [-0.2, -0.15) is 0 Å². The van der Waals surface area contributed by atoms with Gasteiger partial charge in [-0.1, -0.05) is 15.9 Å². The summed E-state index contributed by atoms with van der Waals surface area (Å²) in [6, 6.07) is 8.68. The van der Waals surface area contributed by atoms with E-state index in [0.29, 0.717) is 11.3 Å². The summed E-state index contributed by atoms with van der Waals surface area (Å²) in [5.41, 5.74) is 0.734. The van der Waals surface area contributed by atoms with E-state index in [1.165, 1.54) is 25.3 Å². The zero-order chi connectivity index (χ0) is 14.7. The van der Waals surface area contributed by atoms with Gasteiger partial charge < -0.3 is 10.1 Å². The first kappa shape index (κ1) is 14.8. The molecule has 106 valence electrons. The standard InChI is InChI=1S/C15H14BrF2NO/c1-9(12-7-10(16)3-5-13(12)17)19-15-8-11(20-2)4-6-14(15)18/h3-9,19H,1-2H3. The second kappa shape index (κ2) is 6.22. The summed E-state index contributed by atoms with van der Waals surface area (Å²) >= 11 is 3.30. The predicted molar refractivity (Wildman–Crippen MR) is 79.1 cm³/mol. The molecule has 0 saturated heterocycles.